The molecular formula is C19H19NO3S. The Labute approximate surface area is 145 Å². The third-order valence-electron chi connectivity index (χ3n) is 4.29. The van der Waals surface area contributed by atoms with E-state index < -0.39 is 12.0 Å². The molecule has 2 N–H and O–H groups in total. The lowest BCUT2D eigenvalue weighted by Crippen LogP contribution is -2.38. The fourth-order valence-electron chi connectivity index (χ4n) is 2.79. The third-order valence-corrected chi connectivity index (χ3v) is 5.72. The summed E-state index contributed by atoms with van der Waals surface area (Å²) in [4.78, 5) is 23.5. The monoisotopic (exact) mass is 341 g/mol. The minimum atomic E-state index is -0.805. The van der Waals surface area contributed by atoms with Crippen molar-refractivity contribution in [2.24, 2.45) is 0 Å². The Morgan fingerprint density at radius 3 is 2.29 bits per heavy atom. The van der Waals surface area contributed by atoms with Crippen LogP contribution in [0.4, 0.5) is 0 Å². The highest BCUT2D eigenvalue weighted by Gasteiger charge is 2.33. The molecule has 0 radical (unpaired) electrons. The summed E-state index contributed by atoms with van der Waals surface area (Å²) in [6, 6.07) is 16.3. The van der Waals surface area contributed by atoms with Crippen LogP contribution in [0, 0.1) is 0 Å². The zero-order valence-electron chi connectivity index (χ0n) is 13.3. The molecule has 2 aromatic carbocycles. The summed E-state index contributed by atoms with van der Waals surface area (Å²) in [6.07, 6.45) is 0. The number of ketones is 1. The fraction of sp³-hybridized carbons (Fsp3) is 0.263. The molecule has 0 aromatic heterocycles. The number of carbonyl (C=O) groups is 2. The summed E-state index contributed by atoms with van der Waals surface area (Å²) in [5.74, 6) is -0.0510. The van der Waals surface area contributed by atoms with Crippen molar-refractivity contribution in [3.8, 4) is 0 Å². The maximum absolute atomic E-state index is 12.4. The second kappa shape index (κ2) is 7.20. The van der Waals surface area contributed by atoms with Crippen LogP contribution in [0.3, 0.4) is 0 Å². The Kier molecular flexibility index (Phi) is 5.02. The number of hydrogen-bond acceptors (Lipinski definition) is 4. The van der Waals surface area contributed by atoms with Crippen LogP contribution in [-0.4, -0.2) is 34.0 Å². The van der Waals surface area contributed by atoms with Gasteiger partial charge in [-0.25, -0.2) is 0 Å². The van der Waals surface area contributed by atoms with Gasteiger partial charge in [0.2, 0.25) is 0 Å². The van der Waals surface area contributed by atoms with Gasteiger partial charge in [-0.3, -0.25) is 14.9 Å². The standard InChI is InChI=1S/C19H19NO3S/c1-12(18-20-16(11-24-18)19(22)23)13-7-9-15(10-8-13)17(21)14-5-3-2-4-6-14/h2-10,12,16,18,20H,11H2,1H3,(H,22,23)/t12?,16-,18?/m0/s1. The van der Waals surface area contributed by atoms with Gasteiger partial charge in [0, 0.05) is 22.8 Å². The lowest BCUT2D eigenvalue weighted by atomic mass is 9.96. The van der Waals surface area contributed by atoms with Crippen molar-refractivity contribution in [1.29, 1.82) is 0 Å². The van der Waals surface area contributed by atoms with E-state index in [-0.39, 0.29) is 17.1 Å². The van der Waals surface area contributed by atoms with Crippen molar-refractivity contribution >= 4 is 23.5 Å². The van der Waals surface area contributed by atoms with E-state index in [1.54, 1.807) is 11.8 Å². The summed E-state index contributed by atoms with van der Waals surface area (Å²) in [5, 5.41) is 12.3. The summed E-state index contributed by atoms with van der Waals surface area (Å²) < 4.78 is 0. The zero-order chi connectivity index (χ0) is 17.1. The van der Waals surface area contributed by atoms with Crippen molar-refractivity contribution < 1.29 is 14.7 Å². The number of benzene rings is 2. The van der Waals surface area contributed by atoms with E-state index in [1.165, 1.54) is 0 Å². The number of nitrogens with one attached hydrogen (secondary N) is 1. The molecule has 0 amide bonds. The molecule has 4 nitrogen and oxygen atoms in total. The van der Waals surface area contributed by atoms with E-state index in [1.807, 2.05) is 54.6 Å². The van der Waals surface area contributed by atoms with E-state index >= 15 is 0 Å². The first-order chi connectivity index (χ1) is 11.6. The Bertz CT molecular complexity index is 730. The van der Waals surface area contributed by atoms with Gasteiger partial charge in [0.1, 0.15) is 6.04 Å². The van der Waals surface area contributed by atoms with E-state index in [0.717, 1.165) is 5.56 Å². The van der Waals surface area contributed by atoms with Gasteiger partial charge in [0.15, 0.2) is 5.78 Å². The molecule has 0 bridgehead atoms. The molecule has 3 atom stereocenters. The SMILES string of the molecule is CC(c1ccc(C(=O)c2ccccc2)cc1)C1N[C@H](C(=O)O)CS1. The third kappa shape index (κ3) is 3.52. The molecule has 0 saturated carbocycles. The molecule has 0 aliphatic carbocycles. The van der Waals surface area contributed by atoms with Crippen LogP contribution in [0.15, 0.2) is 54.6 Å². The molecule has 3 rings (SSSR count). The average Bonchev–Trinajstić information content (AvgIpc) is 3.12. The van der Waals surface area contributed by atoms with Gasteiger partial charge in [-0.2, -0.15) is 0 Å². The molecule has 2 unspecified atom stereocenters. The predicted octanol–water partition coefficient (Wildman–Crippen LogP) is 3.14. The summed E-state index contributed by atoms with van der Waals surface area (Å²) in [7, 11) is 0. The van der Waals surface area contributed by atoms with Crippen LogP contribution in [0.25, 0.3) is 0 Å². The quantitative estimate of drug-likeness (QED) is 0.818. The number of thioether (sulfide) groups is 1. The Morgan fingerprint density at radius 1 is 1.08 bits per heavy atom. The van der Waals surface area contributed by atoms with E-state index in [9.17, 15) is 9.59 Å². The normalized spacial score (nSPS) is 21.4. The van der Waals surface area contributed by atoms with Crippen LogP contribution in [0.2, 0.25) is 0 Å². The molecule has 5 heteroatoms. The molecule has 1 fully saturated rings. The molecule has 1 aliphatic rings. The zero-order valence-corrected chi connectivity index (χ0v) is 14.1. The first-order valence-electron chi connectivity index (χ1n) is 7.86. The van der Waals surface area contributed by atoms with Crippen LogP contribution in [0.5, 0.6) is 0 Å². The number of carbonyl (C=O) groups excluding carboxylic acids is 1. The van der Waals surface area contributed by atoms with Gasteiger partial charge in [0.05, 0.1) is 5.37 Å². The lowest BCUT2D eigenvalue weighted by molar-refractivity contribution is -0.138. The molecule has 2 aromatic rings. The number of carboxylic acids is 1. The molecule has 24 heavy (non-hydrogen) atoms. The Morgan fingerprint density at radius 2 is 1.71 bits per heavy atom. The lowest BCUT2D eigenvalue weighted by Gasteiger charge is -2.20. The van der Waals surface area contributed by atoms with Gasteiger partial charge in [-0.05, 0) is 5.56 Å². The van der Waals surface area contributed by atoms with Gasteiger partial charge < -0.3 is 5.11 Å². The highest BCUT2D eigenvalue weighted by Crippen LogP contribution is 2.31. The van der Waals surface area contributed by atoms with Gasteiger partial charge in [0.25, 0.3) is 0 Å². The van der Waals surface area contributed by atoms with Gasteiger partial charge >= 0.3 is 5.97 Å². The average molecular weight is 341 g/mol. The van der Waals surface area contributed by atoms with Crippen LogP contribution in [-0.2, 0) is 4.79 Å². The van der Waals surface area contributed by atoms with E-state index in [2.05, 4.69) is 12.2 Å². The van der Waals surface area contributed by atoms with Crippen molar-refractivity contribution in [1.82, 2.24) is 5.32 Å². The number of aliphatic carboxylic acids is 1. The van der Waals surface area contributed by atoms with Crippen molar-refractivity contribution in [2.45, 2.75) is 24.3 Å². The number of hydrogen-bond donors (Lipinski definition) is 2. The second-order valence-corrected chi connectivity index (χ2v) is 7.09. The van der Waals surface area contributed by atoms with Crippen molar-refractivity contribution in [3.05, 3.63) is 71.3 Å². The molecule has 1 aliphatic heterocycles. The van der Waals surface area contributed by atoms with Crippen molar-refractivity contribution in [3.63, 3.8) is 0 Å². The van der Waals surface area contributed by atoms with E-state index in [0.29, 0.717) is 16.9 Å². The molecule has 124 valence electrons. The van der Waals surface area contributed by atoms with E-state index in [4.69, 9.17) is 5.11 Å². The Hall–Kier alpha value is -2.11. The number of rotatable bonds is 5. The topological polar surface area (TPSA) is 66.4 Å². The summed E-state index contributed by atoms with van der Waals surface area (Å²) >= 11 is 1.63. The summed E-state index contributed by atoms with van der Waals surface area (Å²) in [5.41, 5.74) is 2.43. The highest BCUT2D eigenvalue weighted by molar-refractivity contribution is 8.00. The van der Waals surface area contributed by atoms with Crippen LogP contribution >= 0.6 is 11.8 Å². The first-order valence-corrected chi connectivity index (χ1v) is 8.91. The largest absolute Gasteiger partial charge is 0.480 e. The smallest absolute Gasteiger partial charge is 0.321 e. The summed E-state index contributed by atoms with van der Waals surface area (Å²) in [6.45, 7) is 2.07. The molecule has 0 spiro atoms. The second-order valence-electron chi connectivity index (χ2n) is 5.92. The predicted molar refractivity (Wildman–Crippen MR) is 95.5 cm³/mol. The van der Waals surface area contributed by atoms with Crippen LogP contribution < -0.4 is 5.32 Å². The molecule has 1 heterocycles. The minimum absolute atomic E-state index is 0.00844. The number of carboxylic acid groups (broad SMARTS) is 1. The fourth-order valence-corrected chi connectivity index (χ4v) is 4.14. The minimum Gasteiger partial charge on any atom is -0.480 e. The van der Waals surface area contributed by atoms with Gasteiger partial charge in [-0.15, -0.1) is 11.8 Å². The molecular weight excluding hydrogens is 322 g/mol. The van der Waals surface area contributed by atoms with Crippen LogP contribution in [0.1, 0.15) is 34.3 Å². The van der Waals surface area contributed by atoms with Crippen molar-refractivity contribution in [2.75, 3.05) is 5.75 Å². The highest BCUT2D eigenvalue weighted by atomic mass is 32.2. The maximum atomic E-state index is 12.4. The maximum Gasteiger partial charge on any atom is 0.321 e. The first kappa shape index (κ1) is 16.7. The van der Waals surface area contributed by atoms with Gasteiger partial charge in [-0.1, -0.05) is 61.5 Å². The molecule has 1 saturated heterocycles. The Balaban J connectivity index is 1.70.